The highest BCUT2D eigenvalue weighted by molar-refractivity contribution is 6.19. The zero-order chi connectivity index (χ0) is 15.5. The van der Waals surface area contributed by atoms with Gasteiger partial charge in [-0.15, -0.1) is 0 Å². The van der Waals surface area contributed by atoms with Crippen LogP contribution in [0.4, 0.5) is 4.79 Å². The molecule has 0 aliphatic carbocycles. The lowest BCUT2D eigenvalue weighted by molar-refractivity contribution is -0.145. The predicted octanol–water partition coefficient (Wildman–Crippen LogP) is 1.41. The fourth-order valence-corrected chi connectivity index (χ4v) is 2.44. The number of carbonyl (C=O) groups is 3. The number of hydrogen-bond donors (Lipinski definition) is 2. The minimum Gasteiger partial charge on any atom is -0.277 e. The van der Waals surface area contributed by atoms with Crippen molar-refractivity contribution in [3.8, 4) is 0 Å². The number of imide groups is 2. The van der Waals surface area contributed by atoms with E-state index in [-0.39, 0.29) is 6.42 Å². The Morgan fingerprint density at radius 2 is 1.67 bits per heavy atom. The largest absolute Gasteiger partial charge is 0.328 e. The zero-order valence-corrected chi connectivity index (χ0v) is 12.2. The molecule has 1 saturated heterocycles. The quantitative estimate of drug-likeness (QED) is 0.802. The molecule has 2 N–H and O–H groups in total. The highest BCUT2D eigenvalue weighted by Crippen LogP contribution is 2.32. The Balaban J connectivity index is 2.31. The molecular weight excluding hydrogens is 270 g/mol. The molecule has 1 aromatic rings. The fraction of sp³-hybridized carbons (Fsp3) is 0.467. The van der Waals surface area contributed by atoms with E-state index >= 15 is 0 Å². The maximum absolute atomic E-state index is 12.3. The topological polar surface area (TPSA) is 88.2 Å². The zero-order valence-electron chi connectivity index (χ0n) is 12.2. The minimum atomic E-state index is -1.24. The Bertz CT molecular complexity index is 535. The van der Waals surface area contributed by atoms with E-state index in [9.17, 15) is 14.4 Å². The normalized spacial score (nSPS) is 17.6. The van der Waals surface area contributed by atoms with Gasteiger partial charge in [0.25, 0.3) is 0 Å². The van der Waals surface area contributed by atoms with Gasteiger partial charge < -0.3 is 0 Å². The number of barbiturate groups is 1. The Hall–Kier alpha value is -2.24. The van der Waals surface area contributed by atoms with Gasteiger partial charge in [-0.25, -0.2) is 4.79 Å². The van der Waals surface area contributed by atoms with Crippen molar-refractivity contribution in [1.82, 2.24) is 15.6 Å². The molecule has 0 unspecified atom stereocenters. The molecule has 0 aromatic carbocycles. The highest BCUT2D eigenvalue weighted by Gasteiger charge is 2.49. The van der Waals surface area contributed by atoms with Gasteiger partial charge in [-0.05, 0) is 42.9 Å². The second-order valence-corrected chi connectivity index (χ2v) is 5.78. The Kier molecular flexibility index (Phi) is 4.35. The van der Waals surface area contributed by atoms with Crippen LogP contribution in [0.1, 0.15) is 32.3 Å². The van der Waals surface area contributed by atoms with Gasteiger partial charge in [0.05, 0.1) is 0 Å². The molecule has 0 bridgehead atoms. The summed E-state index contributed by atoms with van der Waals surface area (Å²) in [7, 11) is 0. The van der Waals surface area contributed by atoms with Gasteiger partial charge in [0.15, 0.2) is 0 Å². The first-order valence-electron chi connectivity index (χ1n) is 7.00. The van der Waals surface area contributed by atoms with Crippen molar-refractivity contribution in [2.24, 2.45) is 11.3 Å². The van der Waals surface area contributed by atoms with Crippen molar-refractivity contribution in [1.29, 1.82) is 0 Å². The van der Waals surface area contributed by atoms with Crippen LogP contribution in [0.3, 0.4) is 0 Å². The van der Waals surface area contributed by atoms with Crippen LogP contribution in [0.5, 0.6) is 0 Å². The van der Waals surface area contributed by atoms with Crippen molar-refractivity contribution in [2.45, 2.75) is 33.1 Å². The number of rotatable bonds is 5. The third kappa shape index (κ3) is 3.26. The molecule has 0 spiro atoms. The summed E-state index contributed by atoms with van der Waals surface area (Å²) in [5.74, 6) is -0.681. The second-order valence-electron chi connectivity index (χ2n) is 5.78. The number of urea groups is 1. The summed E-state index contributed by atoms with van der Waals surface area (Å²) < 4.78 is 0. The maximum atomic E-state index is 12.3. The molecule has 2 heterocycles. The van der Waals surface area contributed by atoms with Crippen molar-refractivity contribution in [2.75, 3.05) is 0 Å². The van der Waals surface area contributed by atoms with Crippen LogP contribution in [-0.4, -0.2) is 22.8 Å². The standard InChI is InChI=1S/C15H19N3O3/c1-10(2)3-6-15(9-11-4-7-16-8-5-11)12(19)17-14(21)18-13(15)20/h4-5,7-8,10H,3,6,9H2,1-2H3,(H2,17,18,19,20,21). The average molecular weight is 289 g/mol. The van der Waals surface area contributed by atoms with E-state index in [0.717, 1.165) is 12.0 Å². The van der Waals surface area contributed by atoms with Gasteiger partial charge in [-0.2, -0.15) is 0 Å². The van der Waals surface area contributed by atoms with Crippen LogP contribution in [0.15, 0.2) is 24.5 Å². The summed E-state index contributed by atoms with van der Waals surface area (Å²) in [5.41, 5.74) is -0.395. The molecule has 1 fully saturated rings. The summed E-state index contributed by atoms with van der Waals surface area (Å²) >= 11 is 0. The van der Waals surface area contributed by atoms with Crippen LogP contribution in [-0.2, 0) is 16.0 Å². The minimum absolute atomic E-state index is 0.257. The first-order valence-corrected chi connectivity index (χ1v) is 7.00. The molecule has 6 heteroatoms. The van der Waals surface area contributed by atoms with Crippen molar-refractivity contribution < 1.29 is 14.4 Å². The average Bonchev–Trinajstić information content (AvgIpc) is 2.42. The van der Waals surface area contributed by atoms with Gasteiger partial charge >= 0.3 is 6.03 Å². The number of nitrogens with one attached hydrogen (secondary N) is 2. The van der Waals surface area contributed by atoms with Gasteiger partial charge in [0, 0.05) is 12.4 Å². The molecule has 21 heavy (non-hydrogen) atoms. The number of nitrogens with zero attached hydrogens (tertiary/aromatic N) is 1. The summed E-state index contributed by atoms with van der Waals surface area (Å²) in [6.45, 7) is 4.06. The summed E-state index contributed by atoms with van der Waals surface area (Å²) in [5, 5.41) is 4.44. The van der Waals surface area contributed by atoms with Crippen LogP contribution in [0.2, 0.25) is 0 Å². The monoisotopic (exact) mass is 289 g/mol. The predicted molar refractivity (Wildman–Crippen MR) is 76.1 cm³/mol. The van der Waals surface area contributed by atoms with E-state index in [2.05, 4.69) is 15.6 Å². The summed E-state index contributed by atoms with van der Waals surface area (Å²) in [4.78, 5) is 39.9. The van der Waals surface area contributed by atoms with Gasteiger partial charge in [0.2, 0.25) is 11.8 Å². The van der Waals surface area contributed by atoms with Crippen molar-refractivity contribution >= 4 is 17.8 Å². The maximum Gasteiger partial charge on any atom is 0.328 e. The van der Waals surface area contributed by atoms with Gasteiger partial charge in [-0.1, -0.05) is 13.8 Å². The first-order chi connectivity index (χ1) is 9.94. The number of hydrogen-bond acceptors (Lipinski definition) is 4. The molecule has 1 aromatic heterocycles. The fourth-order valence-electron chi connectivity index (χ4n) is 2.44. The Morgan fingerprint density at radius 3 is 2.19 bits per heavy atom. The van der Waals surface area contributed by atoms with E-state index in [4.69, 9.17) is 0 Å². The van der Waals surface area contributed by atoms with Crippen molar-refractivity contribution in [3.05, 3.63) is 30.1 Å². The smallest absolute Gasteiger partial charge is 0.277 e. The van der Waals surface area contributed by atoms with E-state index in [1.54, 1.807) is 24.5 Å². The molecular formula is C15H19N3O3. The third-order valence-corrected chi connectivity index (χ3v) is 3.73. The van der Waals surface area contributed by atoms with Gasteiger partial charge in [0.1, 0.15) is 5.41 Å². The number of carbonyl (C=O) groups excluding carboxylic acids is 3. The van der Waals surface area contributed by atoms with E-state index in [1.165, 1.54) is 0 Å². The van der Waals surface area contributed by atoms with E-state index in [0.29, 0.717) is 12.3 Å². The lowest BCUT2D eigenvalue weighted by Crippen LogP contribution is -2.63. The lowest BCUT2D eigenvalue weighted by Gasteiger charge is -2.34. The molecule has 0 atom stereocenters. The second kappa shape index (κ2) is 6.03. The molecule has 4 amide bonds. The molecule has 112 valence electrons. The van der Waals surface area contributed by atoms with E-state index in [1.807, 2.05) is 13.8 Å². The van der Waals surface area contributed by atoms with Crippen LogP contribution < -0.4 is 10.6 Å². The molecule has 1 aliphatic heterocycles. The third-order valence-electron chi connectivity index (χ3n) is 3.73. The number of amides is 4. The number of pyridine rings is 1. The highest BCUT2D eigenvalue weighted by atomic mass is 16.2. The van der Waals surface area contributed by atoms with Crippen LogP contribution >= 0.6 is 0 Å². The summed E-state index contributed by atoms with van der Waals surface area (Å²) in [6, 6.07) is 2.79. The Labute approximate surface area is 123 Å². The molecule has 0 saturated carbocycles. The molecule has 1 aliphatic rings. The molecule has 0 radical (unpaired) electrons. The lowest BCUT2D eigenvalue weighted by atomic mass is 9.74. The molecule has 2 rings (SSSR count). The van der Waals surface area contributed by atoms with Crippen LogP contribution in [0, 0.1) is 11.3 Å². The first kappa shape index (κ1) is 15.2. The van der Waals surface area contributed by atoms with E-state index < -0.39 is 23.3 Å². The molecule has 6 nitrogen and oxygen atoms in total. The van der Waals surface area contributed by atoms with Gasteiger partial charge in [-0.3, -0.25) is 25.2 Å². The van der Waals surface area contributed by atoms with Crippen LogP contribution in [0.25, 0.3) is 0 Å². The summed E-state index contributed by atoms with van der Waals surface area (Å²) in [6.07, 6.45) is 4.62. The van der Waals surface area contributed by atoms with Crippen molar-refractivity contribution in [3.63, 3.8) is 0 Å². The SMILES string of the molecule is CC(C)CCC1(Cc2ccncc2)C(=O)NC(=O)NC1=O. The Morgan fingerprint density at radius 1 is 1.10 bits per heavy atom. The number of aromatic nitrogens is 1.